The molecule has 0 atom stereocenters. The van der Waals surface area contributed by atoms with Crippen molar-refractivity contribution in [2.24, 2.45) is 5.10 Å². The van der Waals surface area contributed by atoms with Crippen LogP contribution in [0.2, 0.25) is 0 Å². The third kappa shape index (κ3) is 2.58. The molecule has 0 saturated carbocycles. The van der Waals surface area contributed by atoms with Gasteiger partial charge in [-0.05, 0) is 13.0 Å². The van der Waals surface area contributed by atoms with Crippen LogP contribution in [0.15, 0.2) is 23.3 Å². The monoisotopic (exact) mass is 237 g/mol. The largest absolute Gasteiger partial charge is 0.475 e. The minimum Gasteiger partial charge on any atom is -0.475 e. The molecule has 0 radical (unpaired) electrons. The van der Waals surface area contributed by atoms with E-state index in [4.69, 9.17) is 4.74 Å². The number of halogens is 1. The maximum absolute atomic E-state index is 12.0. The Bertz CT molecular complexity index is 462. The van der Waals surface area contributed by atoms with Crippen molar-refractivity contribution in [3.63, 3.8) is 0 Å². The maximum atomic E-state index is 12.0. The molecule has 0 bridgehead atoms. The van der Waals surface area contributed by atoms with Gasteiger partial charge < -0.3 is 4.74 Å². The first-order valence-electron chi connectivity index (χ1n) is 5.23. The van der Waals surface area contributed by atoms with Crippen molar-refractivity contribution in [2.45, 2.75) is 13.3 Å². The fourth-order valence-corrected chi connectivity index (χ4v) is 1.48. The number of anilines is 1. The number of carbonyl (C=O) groups is 1. The van der Waals surface area contributed by atoms with Crippen LogP contribution < -0.4 is 9.75 Å². The number of hydrogen-bond acceptors (Lipinski definition) is 4. The van der Waals surface area contributed by atoms with Gasteiger partial charge in [-0.3, -0.25) is 4.79 Å². The smallest absolute Gasteiger partial charge is 0.254 e. The van der Waals surface area contributed by atoms with E-state index in [1.807, 2.05) is 0 Å². The second-order valence-electron chi connectivity index (χ2n) is 3.59. The van der Waals surface area contributed by atoms with Crippen LogP contribution in [-0.4, -0.2) is 29.9 Å². The lowest BCUT2D eigenvalue weighted by atomic mass is 10.3. The molecule has 1 amide bonds. The standard InChI is InChI=1S/C11H12FN3O2/c1-8-7-11(16)15(14-8)9-3-2-4-10(13-9)17-6-5-12/h2-4H,5-7H2,1H3. The molecule has 0 spiro atoms. The van der Waals surface area contributed by atoms with Crippen LogP contribution in [0.3, 0.4) is 0 Å². The molecule has 0 unspecified atom stereocenters. The van der Waals surface area contributed by atoms with Gasteiger partial charge in [0, 0.05) is 11.8 Å². The van der Waals surface area contributed by atoms with Crippen LogP contribution >= 0.6 is 0 Å². The summed E-state index contributed by atoms with van der Waals surface area (Å²) in [6.45, 7) is 1.15. The molecule has 2 rings (SSSR count). The van der Waals surface area contributed by atoms with E-state index in [1.165, 1.54) is 5.01 Å². The number of rotatable bonds is 4. The van der Waals surface area contributed by atoms with Crippen molar-refractivity contribution in [1.82, 2.24) is 4.98 Å². The molecule has 5 nitrogen and oxygen atoms in total. The number of aromatic nitrogens is 1. The molecule has 2 heterocycles. The van der Waals surface area contributed by atoms with Crippen LogP contribution in [0.4, 0.5) is 10.2 Å². The van der Waals surface area contributed by atoms with Crippen molar-refractivity contribution in [3.8, 4) is 5.88 Å². The molecule has 1 aliphatic rings. The van der Waals surface area contributed by atoms with E-state index in [-0.39, 0.29) is 18.4 Å². The number of amides is 1. The number of nitrogens with zero attached hydrogens (tertiary/aromatic N) is 3. The number of hydrogen-bond donors (Lipinski definition) is 0. The molecule has 6 heteroatoms. The topological polar surface area (TPSA) is 54.8 Å². The average molecular weight is 237 g/mol. The Kier molecular flexibility index (Phi) is 3.32. The summed E-state index contributed by atoms with van der Waals surface area (Å²) in [5.41, 5.74) is 0.742. The molecule has 1 aromatic heterocycles. The van der Waals surface area contributed by atoms with Crippen molar-refractivity contribution in [3.05, 3.63) is 18.2 Å². The molecule has 90 valence electrons. The van der Waals surface area contributed by atoms with Crippen LogP contribution in [0.5, 0.6) is 5.88 Å². The highest BCUT2D eigenvalue weighted by Crippen LogP contribution is 2.20. The van der Waals surface area contributed by atoms with E-state index in [0.717, 1.165) is 5.71 Å². The zero-order valence-electron chi connectivity index (χ0n) is 9.39. The third-order valence-corrected chi connectivity index (χ3v) is 2.17. The van der Waals surface area contributed by atoms with Crippen LogP contribution in [0, 0.1) is 0 Å². The molecule has 17 heavy (non-hydrogen) atoms. The summed E-state index contributed by atoms with van der Waals surface area (Å²) in [6, 6.07) is 4.95. The molecule has 0 fully saturated rings. The van der Waals surface area contributed by atoms with Crippen LogP contribution in [0.1, 0.15) is 13.3 Å². The van der Waals surface area contributed by atoms with Crippen molar-refractivity contribution in [2.75, 3.05) is 18.3 Å². The highest BCUT2D eigenvalue weighted by atomic mass is 19.1. The summed E-state index contributed by atoms with van der Waals surface area (Å²) in [6.07, 6.45) is 0.303. The number of hydrazone groups is 1. The van der Waals surface area contributed by atoms with Gasteiger partial charge in [0.15, 0.2) is 5.82 Å². The van der Waals surface area contributed by atoms with Gasteiger partial charge in [-0.2, -0.15) is 15.1 Å². The Hall–Kier alpha value is -1.98. The van der Waals surface area contributed by atoms with Crippen LogP contribution in [-0.2, 0) is 4.79 Å². The normalized spacial score (nSPS) is 15.1. The Morgan fingerprint density at radius 3 is 3.00 bits per heavy atom. The lowest BCUT2D eigenvalue weighted by Gasteiger charge is -2.11. The summed E-state index contributed by atoms with van der Waals surface area (Å²) in [5.74, 6) is 0.550. The first kappa shape index (κ1) is 11.5. The predicted molar refractivity (Wildman–Crippen MR) is 60.9 cm³/mol. The van der Waals surface area contributed by atoms with Crippen molar-refractivity contribution in [1.29, 1.82) is 0 Å². The third-order valence-electron chi connectivity index (χ3n) is 2.17. The fourth-order valence-electron chi connectivity index (χ4n) is 1.48. The molecule has 0 saturated heterocycles. The summed E-state index contributed by atoms with van der Waals surface area (Å²) in [5, 5.41) is 5.30. The summed E-state index contributed by atoms with van der Waals surface area (Å²) < 4.78 is 17.0. The Morgan fingerprint density at radius 2 is 2.35 bits per heavy atom. The molecular formula is C11H12FN3O2. The second-order valence-corrected chi connectivity index (χ2v) is 3.59. The van der Waals surface area contributed by atoms with Gasteiger partial charge in [0.25, 0.3) is 5.91 Å². The molecule has 0 aliphatic carbocycles. The zero-order chi connectivity index (χ0) is 12.3. The van der Waals surface area contributed by atoms with Crippen molar-refractivity contribution < 1.29 is 13.9 Å². The first-order valence-corrected chi connectivity index (χ1v) is 5.23. The van der Waals surface area contributed by atoms with E-state index < -0.39 is 6.67 Å². The van der Waals surface area contributed by atoms with Gasteiger partial charge in [0.1, 0.15) is 13.3 Å². The minimum atomic E-state index is -0.578. The van der Waals surface area contributed by atoms with E-state index in [9.17, 15) is 9.18 Å². The molecule has 1 aromatic rings. The number of ether oxygens (including phenoxy) is 1. The van der Waals surface area contributed by atoms with E-state index in [1.54, 1.807) is 25.1 Å². The highest BCUT2D eigenvalue weighted by Gasteiger charge is 2.23. The summed E-state index contributed by atoms with van der Waals surface area (Å²) >= 11 is 0. The van der Waals surface area contributed by atoms with Gasteiger partial charge in [-0.25, -0.2) is 4.39 Å². The number of alkyl halides is 1. The van der Waals surface area contributed by atoms with Gasteiger partial charge in [0.2, 0.25) is 5.88 Å². The van der Waals surface area contributed by atoms with Gasteiger partial charge in [-0.1, -0.05) is 6.07 Å². The summed E-state index contributed by atoms with van der Waals surface area (Å²) in [7, 11) is 0. The van der Waals surface area contributed by atoms with E-state index in [0.29, 0.717) is 12.2 Å². The number of carbonyl (C=O) groups excluding carboxylic acids is 1. The SMILES string of the molecule is CC1=NN(c2cccc(OCCF)n2)C(=O)C1. The molecule has 0 N–H and O–H groups in total. The molecular weight excluding hydrogens is 225 g/mol. The van der Waals surface area contributed by atoms with Crippen LogP contribution in [0.25, 0.3) is 0 Å². The average Bonchev–Trinajstić information content (AvgIpc) is 2.66. The second kappa shape index (κ2) is 4.90. The molecule has 1 aliphatic heterocycles. The van der Waals surface area contributed by atoms with Gasteiger partial charge >= 0.3 is 0 Å². The van der Waals surface area contributed by atoms with Gasteiger partial charge in [-0.15, -0.1) is 0 Å². The lowest BCUT2D eigenvalue weighted by molar-refractivity contribution is -0.116. The summed E-state index contributed by atoms with van der Waals surface area (Å²) in [4.78, 5) is 15.7. The Labute approximate surface area is 97.9 Å². The lowest BCUT2D eigenvalue weighted by Crippen LogP contribution is -2.20. The first-order chi connectivity index (χ1) is 8.20. The zero-order valence-corrected chi connectivity index (χ0v) is 9.39. The Balaban J connectivity index is 2.18. The number of pyridine rings is 1. The van der Waals surface area contributed by atoms with E-state index in [2.05, 4.69) is 10.1 Å². The Morgan fingerprint density at radius 1 is 1.53 bits per heavy atom. The molecule has 0 aromatic carbocycles. The quantitative estimate of drug-likeness (QED) is 0.798. The fraction of sp³-hybridized carbons (Fsp3) is 0.364. The van der Waals surface area contributed by atoms with Crippen molar-refractivity contribution >= 4 is 17.4 Å². The highest BCUT2D eigenvalue weighted by molar-refractivity contribution is 6.11. The van der Waals surface area contributed by atoms with E-state index >= 15 is 0 Å². The van der Waals surface area contributed by atoms with Gasteiger partial charge in [0.05, 0.1) is 6.42 Å². The predicted octanol–water partition coefficient (Wildman–Crippen LogP) is 1.54. The maximum Gasteiger partial charge on any atom is 0.254 e. The minimum absolute atomic E-state index is 0.0489.